The van der Waals surface area contributed by atoms with Crippen molar-refractivity contribution >= 4 is 28.8 Å². The second-order valence-electron chi connectivity index (χ2n) is 8.55. The number of methoxy groups -OCH3 is 2. The topological polar surface area (TPSA) is 96.2 Å². The first-order chi connectivity index (χ1) is 13.8. The standard InChI is InChI=1S/C8H16O2.C7H14O2.C6H10O.C2H5O.BrH.Mg/c1-10-7-8(9)5-3-2-4-6-8;8-6-7(9)4-2-1-3-5-7;7-6-4-2-1-3-5-6;1-3-2;;/h9H,2-7H2,1H3;8-9H,1-6H2;1-5H2;1H2,2H3;1H;/q;;;-1;;+2/p-1. The van der Waals surface area contributed by atoms with E-state index < -0.39 is 11.2 Å². The molecule has 0 bridgehead atoms. The van der Waals surface area contributed by atoms with Gasteiger partial charge in [-0.2, -0.15) is 0 Å². The minimum absolute atomic E-state index is 0. The smallest absolute Gasteiger partial charge is 1.00 e. The molecule has 0 aromatic heterocycles. The fourth-order valence-corrected chi connectivity index (χ4v) is 3.94. The van der Waals surface area contributed by atoms with Crippen molar-refractivity contribution in [3.63, 3.8) is 0 Å². The molecular formula is C23H45BrMgO6. The number of ether oxygens (including phenoxy) is 2. The maximum absolute atomic E-state index is 10.5. The molecule has 0 aromatic carbocycles. The van der Waals surface area contributed by atoms with Crippen LogP contribution in [0.5, 0.6) is 0 Å². The Morgan fingerprint density at radius 3 is 1.42 bits per heavy atom. The van der Waals surface area contributed by atoms with E-state index in [4.69, 9.17) is 9.84 Å². The Bertz CT molecular complexity index is 386. The van der Waals surface area contributed by atoms with Crippen LogP contribution in [0.1, 0.15) is 96.3 Å². The first-order valence-corrected chi connectivity index (χ1v) is 11.2. The normalized spacial score (nSPS) is 21.2. The van der Waals surface area contributed by atoms with Crippen LogP contribution < -0.4 is 17.0 Å². The molecular weight excluding hydrogens is 476 g/mol. The maximum Gasteiger partial charge on any atom is 2.00 e. The predicted octanol–water partition coefficient (Wildman–Crippen LogP) is 0.569. The number of Topliss-reactive ketones (excluding diaryl/α,β-unsaturated/α-hetero) is 1. The van der Waals surface area contributed by atoms with Crippen LogP contribution in [0, 0.1) is 7.11 Å². The van der Waals surface area contributed by atoms with Gasteiger partial charge in [-0.3, -0.25) is 4.79 Å². The first kappa shape index (κ1) is 36.3. The van der Waals surface area contributed by atoms with Crippen LogP contribution in [0.3, 0.4) is 0 Å². The van der Waals surface area contributed by atoms with Crippen molar-refractivity contribution < 1.29 is 46.6 Å². The molecule has 3 N–H and O–H groups in total. The van der Waals surface area contributed by atoms with Crippen molar-refractivity contribution in [1.82, 2.24) is 0 Å². The predicted molar refractivity (Wildman–Crippen MR) is 121 cm³/mol. The Morgan fingerprint density at radius 2 is 1.16 bits per heavy atom. The molecule has 0 atom stereocenters. The zero-order valence-corrected chi connectivity index (χ0v) is 22.9. The molecule has 8 heteroatoms. The summed E-state index contributed by atoms with van der Waals surface area (Å²) < 4.78 is 8.93. The summed E-state index contributed by atoms with van der Waals surface area (Å²) in [6.07, 6.45) is 15.6. The molecule has 3 rings (SSSR count). The Labute approximate surface area is 216 Å². The molecule has 0 heterocycles. The van der Waals surface area contributed by atoms with Crippen LogP contribution in [0.4, 0.5) is 0 Å². The fourth-order valence-electron chi connectivity index (χ4n) is 3.94. The van der Waals surface area contributed by atoms with E-state index in [0.717, 1.165) is 77.0 Å². The third-order valence-corrected chi connectivity index (χ3v) is 5.69. The number of rotatable bonds is 3. The largest absolute Gasteiger partial charge is 2.00 e. The summed E-state index contributed by atoms with van der Waals surface area (Å²) in [5, 5.41) is 27.9. The van der Waals surface area contributed by atoms with Gasteiger partial charge in [0.05, 0.1) is 24.4 Å². The molecule has 182 valence electrons. The van der Waals surface area contributed by atoms with Crippen LogP contribution in [0.2, 0.25) is 0 Å². The van der Waals surface area contributed by atoms with Gasteiger partial charge in [-0.15, -0.1) is 0 Å². The minimum atomic E-state index is -0.724. The monoisotopic (exact) mass is 520 g/mol. The van der Waals surface area contributed by atoms with E-state index in [1.807, 2.05) is 0 Å². The van der Waals surface area contributed by atoms with Gasteiger partial charge in [-0.25, -0.2) is 7.11 Å². The van der Waals surface area contributed by atoms with Crippen molar-refractivity contribution in [2.75, 3.05) is 27.4 Å². The second kappa shape index (κ2) is 22.5. The average Bonchev–Trinajstić information content (AvgIpc) is 2.71. The van der Waals surface area contributed by atoms with Gasteiger partial charge in [0.1, 0.15) is 5.78 Å². The summed E-state index contributed by atoms with van der Waals surface area (Å²) in [6, 6.07) is 0. The summed E-state index contributed by atoms with van der Waals surface area (Å²) in [7, 11) is 6.15. The molecule has 31 heavy (non-hydrogen) atoms. The summed E-state index contributed by atoms with van der Waals surface area (Å²) in [6.45, 7) is 0.444. The number of halogens is 1. The summed E-state index contributed by atoms with van der Waals surface area (Å²) >= 11 is 0. The number of carbonyl (C=O) groups excluding carboxylic acids is 1. The first-order valence-electron chi connectivity index (χ1n) is 11.2. The Hall–Kier alpha value is 0.716. The number of carbonyl (C=O) groups is 1. The number of hydrogen-bond acceptors (Lipinski definition) is 6. The van der Waals surface area contributed by atoms with Crippen molar-refractivity contribution in [2.24, 2.45) is 0 Å². The molecule has 3 saturated carbocycles. The molecule has 0 saturated heterocycles. The molecule has 0 amide bonds. The van der Waals surface area contributed by atoms with Gasteiger partial charge in [0.15, 0.2) is 0 Å². The number of ketones is 1. The van der Waals surface area contributed by atoms with Gasteiger partial charge in [0.2, 0.25) is 0 Å². The second-order valence-corrected chi connectivity index (χ2v) is 8.55. The van der Waals surface area contributed by atoms with Crippen molar-refractivity contribution in [1.29, 1.82) is 0 Å². The van der Waals surface area contributed by atoms with Gasteiger partial charge >= 0.3 is 23.1 Å². The van der Waals surface area contributed by atoms with E-state index in [-0.39, 0.29) is 46.6 Å². The van der Waals surface area contributed by atoms with E-state index in [9.17, 15) is 15.0 Å². The van der Waals surface area contributed by atoms with E-state index in [1.165, 1.54) is 26.4 Å². The van der Waals surface area contributed by atoms with E-state index in [1.54, 1.807) is 7.11 Å². The molecule has 0 unspecified atom stereocenters. The SMILES string of the molecule is COCC1(O)CCCCC1.O=C1CCCCC1.OCC1(O)CCCCC1.[Br-].[CH2-]OC.[Mg+2]. The number of aliphatic hydroxyl groups is 3. The molecule has 0 spiro atoms. The molecule has 0 aromatic rings. The average molecular weight is 522 g/mol. The van der Waals surface area contributed by atoms with Crippen LogP contribution in [0.15, 0.2) is 0 Å². The van der Waals surface area contributed by atoms with Gasteiger partial charge < -0.3 is 41.8 Å². The molecule has 3 aliphatic carbocycles. The van der Waals surface area contributed by atoms with Crippen LogP contribution in [-0.4, -0.2) is 82.8 Å². The Morgan fingerprint density at radius 1 is 0.806 bits per heavy atom. The van der Waals surface area contributed by atoms with Crippen molar-refractivity contribution in [3.8, 4) is 0 Å². The number of hydrogen-bond donors (Lipinski definition) is 3. The molecule has 3 aliphatic rings. The minimum Gasteiger partial charge on any atom is -1.00 e. The van der Waals surface area contributed by atoms with Gasteiger partial charge in [0, 0.05) is 20.0 Å². The summed E-state index contributed by atoms with van der Waals surface area (Å²) in [4.78, 5) is 10.5. The zero-order valence-electron chi connectivity index (χ0n) is 19.9. The Balaban J connectivity index is -0.000000350. The Kier molecular flexibility index (Phi) is 26.3. The van der Waals surface area contributed by atoms with E-state index in [0.29, 0.717) is 12.4 Å². The maximum atomic E-state index is 10.5. The molecule has 0 radical (unpaired) electrons. The summed E-state index contributed by atoms with van der Waals surface area (Å²) in [5.74, 6) is 0.464. The zero-order chi connectivity index (χ0) is 22.0. The third kappa shape index (κ3) is 19.9. The molecule has 6 nitrogen and oxygen atoms in total. The van der Waals surface area contributed by atoms with Crippen LogP contribution >= 0.6 is 0 Å². The van der Waals surface area contributed by atoms with Crippen molar-refractivity contribution in [2.45, 2.75) is 108 Å². The van der Waals surface area contributed by atoms with Gasteiger partial charge in [0.25, 0.3) is 0 Å². The molecule has 0 aliphatic heterocycles. The quantitative estimate of drug-likeness (QED) is 0.371. The third-order valence-electron chi connectivity index (χ3n) is 5.69. The molecule has 3 fully saturated rings. The number of aliphatic hydroxyl groups excluding tert-OH is 1. The van der Waals surface area contributed by atoms with Crippen molar-refractivity contribution in [3.05, 3.63) is 7.11 Å². The van der Waals surface area contributed by atoms with Crippen LogP contribution in [0.25, 0.3) is 0 Å². The van der Waals surface area contributed by atoms with Crippen LogP contribution in [-0.2, 0) is 14.3 Å². The van der Waals surface area contributed by atoms with E-state index in [2.05, 4.69) is 11.8 Å². The van der Waals surface area contributed by atoms with Gasteiger partial charge in [-0.1, -0.05) is 44.9 Å². The summed E-state index contributed by atoms with van der Waals surface area (Å²) in [5.41, 5.74) is -1.22. The van der Waals surface area contributed by atoms with E-state index >= 15 is 0 Å². The van der Waals surface area contributed by atoms with Gasteiger partial charge in [-0.05, 0) is 45.6 Å². The fraction of sp³-hybridized carbons (Fsp3) is 0.913.